The van der Waals surface area contributed by atoms with Crippen molar-refractivity contribution in [1.82, 2.24) is 0 Å². The Balaban J connectivity index is 3.03. The maximum absolute atomic E-state index is 13.3. The molecule has 7 heteroatoms. The zero-order valence-electron chi connectivity index (χ0n) is 11.0. The van der Waals surface area contributed by atoms with Crippen LogP contribution in [0.1, 0.15) is 18.9 Å². The van der Waals surface area contributed by atoms with Gasteiger partial charge in [-0.1, -0.05) is 25.7 Å². The fourth-order valence-electron chi connectivity index (χ4n) is 1.47. The Labute approximate surface area is 117 Å². The van der Waals surface area contributed by atoms with Crippen molar-refractivity contribution in [3.8, 4) is 0 Å². The summed E-state index contributed by atoms with van der Waals surface area (Å²) in [7, 11) is 0. The third kappa shape index (κ3) is 3.48. The molecule has 21 heavy (non-hydrogen) atoms. The second-order valence-electron chi connectivity index (χ2n) is 3.90. The van der Waals surface area contributed by atoms with Gasteiger partial charge in [0, 0.05) is 0 Å². The Bertz CT molecular complexity index is 579. The van der Waals surface area contributed by atoms with Crippen molar-refractivity contribution in [1.29, 1.82) is 0 Å². The van der Waals surface area contributed by atoms with Crippen LogP contribution in [0.2, 0.25) is 0 Å². The molecule has 0 bridgehead atoms. The van der Waals surface area contributed by atoms with Gasteiger partial charge in [-0.05, 0) is 6.42 Å². The summed E-state index contributed by atoms with van der Waals surface area (Å²) >= 11 is 0. The van der Waals surface area contributed by atoms with Crippen LogP contribution in [0.15, 0.2) is 24.3 Å². The van der Waals surface area contributed by atoms with Crippen LogP contribution in [-0.2, 0) is 16.1 Å². The lowest BCUT2D eigenvalue weighted by atomic mass is 10.1. The number of carbonyl (C=O) groups is 1. The van der Waals surface area contributed by atoms with Crippen LogP contribution in [0.25, 0.3) is 0 Å². The highest BCUT2D eigenvalue weighted by Gasteiger charge is 2.26. The Morgan fingerprint density at radius 1 is 1.05 bits per heavy atom. The van der Waals surface area contributed by atoms with Gasteiger partial charge in [-0.25, -0.2) is 26.7 Å². The molecular formula is C14H11F5O2. The molecule has 1 rings (SSSR count). The van der Waals surface area contributed by atoms with E-state index in [0.29, 0.717) is 6.42 Å². The van der Waals surface area contributed by atoms with Crippen LogP contribution in [0.5, 0.6) is 0 Å². The number of rotatable bonds is 5. The lowest BCUT2D eigenvalue weighted by Crippen LogP contribution is -2.12. The van der Waals surface area contributed by atoms with E-state index < -0.39 is 47.2 Å². The molecule has 1 aromatic rings. The van der Waals surface area contributed by atoms with E-state index in [4.69, 9.17) is 0 Å². The van der Waals surface area contributed by atoms with Crippen LogP contribution in [-0.4, -0.2) is 5.97 Å². The topological polar surface area (TPSA) is 26.3 Å². The van der Waals surface area contributed by atoms with Gasteiger partial charge in [-0.15, -0.1) is 0 Å². The maximum Gasteiger partial charge on any atom is 0.338 e. The number of ether oxygens (including phenoxy) is 1. The molecule has 0 aliphatic rings. The average Bonchev–Trinajstić information content (AvgIpc) is 2.48. The smallest absolute Gasteiger partial charge is 0.338 e. The number of benzene rings is 1. The highest BCUT2D eigenvalue weighted by molar-refractivity contribution is 5.91. The molecule has 114 valence electrons. The van der Waals surface area contributed by atoms with Crippen molar-refractivity contribution in [2.75, 3.05) is 0 Å². The Kier molecular flexibility index (Phi) is 5.63. The predicted octanol–water partition coefficient (Wildman–Crippen LogP) is 3.95. The van der Waals surface area contributed by atoms with E-state index in [1.54, 1.807) is 6.92 Å². The number of hydrogen-bond acceptors (Lipinski definition) is 2. The van der Waals surface area contributed by atoms with Gasteiger partial charge in [0.25, 0.3) is 0 Å². The summed E-state index contributed by atoms with van der Waals surface area (Å²) in [5.41, 5.74) is -1.18. The van der Waals surface area contributed by atoms with Crippen molar-refractivity contribution < 1.29 is 31.5 Å². The van der Waals surface area contributed by atoms with Gasteiger partial charge >= 0.3 is 5.97 Å². The highest BCUT2D eigenvalue weighted by Crippen LogP contribution is 2.23. The maximum atomic E-state index is 13.3. The van der Waals surface area contributed by atoms with E-state index >= 15 is 0 Å². The molecule has 1 aromatic carbocycles. The minimum Gasteiger partial charge on any atom is -0.457 e. The molecule has 0 atom stereocenters. The van der Waals surface area contributed by atoms with Gasteiger partial charge in [0.2, 0.25) is 5.82 Å². The van der Waals surface area contributed by atoms with E-state index in [1.807, 2.05) is 0 Å². The standard InChI is InChI=1S/C14H11F5O2/c1-3-5-7(4-2)14(20)21-6-8-9(15)11(17)13(19)12(18)10(8)16/h4-5H,2-3,6H2,1H3/b7-5+. The van der Waals surface area contributed by atoms with E-state index in [2.05, 4.69) is 11.3 Å². The molecule has 0 aliphatic carbocycles. The zero-order chi connectivity index (χ0) is 16.2. The minimum absolute atomic E-state index is 0.0290. The first-order valence-corrected chi connectivity index (χ1v) is 5.85. The molecule has 0 aliphatic heterocycles. The lowest BCUT2D eigenvalue weighted by molar-refractivity contribution is -0.140. The number of carbonyl (C=O) groups excluding carboxylic acids is 1. The van der Waals surface area contributed by atoms with Crippen molar-refractivity contribution in [2.24, 2.45) is 0 Å². The predicted molar refractivity (Wildman–Crippen MR) is 64.6 cm³/mol. The van der Waals surface area contributed by atoms with Gasteiger partial charge in [0.1, 0.15) is 6.61 Å². The lowest BCUT2D eigenvalue weighted by Gasteiger charge is -2.09. The van der Waals surface area contributed by atoms with Gasteiger partial charge in [0.15, 0.2) is 23.3 Å². The summed E-state index contributed by atoms with van der Waals surface area (Å²) in [5.74, 6) is -11.5. The SMILES string of the molecule is C=C/C(=C\CC)C(=O)OCc1c(F)c(F)c(F)c(F)c1F. The van der Waals surface area contributed by atoms with Crippen molar-refractivity contribution in [3.63, 3.8) is 0 Å². The fraction of sp³-hybridized carbons (Fsp3) is 0.214. The van der Waals surface area contributed by atoms with Crippen molar-refractivity contribution >= 4 is 5.97 Å². The monoisotopic (exact) mass is 306 g/mol. The molecule has 0 heterocycles. The van der Waals surface area contributed by atoms with Gasteiger partial charge < -0.3 is 4.74 Å². The van der Waals surface area contributed by atoms with Gasteiger partial charge in [0.05, 0.1) is 11.1 Å². The van der Waals surface area contributed by atoms with E-state index in [-0.39, 0.29) is 5.57 Å². The quantitative estimate of drug-likeness (QED) is 0.206. The van der Waals surface area contributed by atoms with Crippen LogP contribution in [0, 0.1) is 29.1 Å². The molecule has 2 nitrogen and oxygen atoms in total. The molecule has 0 fully saturated rings. The first-order valence-electron chi connectivity index (χ1n) is 5.85. The summed E-state index contributed by atoms with van der Waals surface area (Å²) in [6, 6.07) is 0. The summed E-state index contributed by atoms with van der Waals surface area (Å²) < 4.78 is 69.9. The van der Waals surface area contributed by atoms with Crippen LogP contribution in [0.4, 0.5) is 22.0 Å². The number of allylic oxidation sites excluding steroid dienone is 1. The largest absolute Gasteiger partial charge is 0.457 e. The molecular weight excluding hydrogens is 295 g/mol. The Morgan fingerprint density at radius 3 is 1.95 bits per heavy atom. The molecule has 0 N–H and O–H groups in total. The summed E-state index contributed by atoms with van der Waals surface area (Å²) in [4.78, 5) is 11.5. The fourth-order valence-corrected chi connectivity index (χ4v) is 1.47. The zero-order valence-corrected chi connectivity index (χ0v) is 11.0. The number of esters is 1. The molecule has 0 saturated heterocycles. The third-order valence-corrected chi connectivity index (χ3v) is 2.53. The van der Waals surface area contributed by atoms with Crippen molar-refractivity contribution in [3.05, 3.63) is 59.0 Å². The molecule has 0 saturated carbocycles. The second kappa shape index (κ2) is 7.01. The summed E-state index contributed by atoms with van der Waals surface area (Å²) in [6.45, 7) is 3.98. The molecule has 0 aromatic heterocycles. The van der Waals surface area contributed by atoms with Gasteiger partial charge in [-0.2, -0.15) is 0 Å². The molecule has 0 amide bonds. The first kappa shape index (κ1) is 16.9. The molecule has 0 radical (unpaired) electrons. The van der Waals surface area contributed by atoms with E-state index in [0.717, 1.165) is 6.08 Å². The van der Waals surface area contributed by atoms with E-state index in [9.17, 15) is 26.7 Å². The highest BCUT2D eigenvalue weighted by atomic mass is 19.2. The average molecular weight is 306 g/mol. The molecule has 0 spiro atoms. The van der Waals surface area contributed by atoms with Crippen LogP contribution < -0.4 is 0 Å². The first-order chi connectivity index (χ1) is 9.84. The summed E-state index contributed by atoms with van der Waals surface area (Å²) in [5, 5.41) is 0. The third-order valence-electron chi connectivity index (χ3n) is 2.53. The molecule has 0 unspecified atom stereocenters. The summed E-state index contributed by atoms with van der Waals surface area (Å²) in [6.07, 6.45) is 3.07. The Morgan fingerprint density at radius 2 is 1.52 bits per heavy atom. The van der Waals surface area contributed by atoms with Crippen LogP contribution >= 0.6 is 0 Å². The van der Waals surface area contributed by atoms with Gasteiger partial charge in [-0.3, -0.25) is 0 Å². The number of hydrogen-bond donors (Lipinski definition) is 0. The Hall–Kier alpha value is -2.18. The minimum atomic E-state index is -2.27. The van der Waals surface area contributed by atoms with Crippen molar-refractivity contribution in [2.45, 2.75) is 20.0 Å². The normalized spacial score (nSPS) is 11.4. The second-order valence-corrected chi connectivity index (χ2v) is 3.90. The number of halogens is 5. The van der Waals surface area contributed by atoms with E-state index in [1.165, 1.54) is 6.08 Å². The van der Waals surface area contributed by atoms with Crippen LogP contribution in [0.3, 0.4) is 0 Å².